The van der Waals surface area contributed by atoms with Gasteiger partial charge in [0.15, 0.2) is 0 Å². The summed E-state index contributed by atoms with van der Waals surface area (Å²) >= 11 is 0. The van der Waals surface area contributed by atoms with Crippen molar-refractivity contribution in [1.29, 1.82) is 0 Å². The molecule has 1 unspecified atom stereocenters. The van der Waals surface area contributed by atoms with Gasteiger partial charge in [0.2, 0.25) is 0 Å². The summed E-state index contributed by atoms with van der Waals surface area (Å²) in [6.45, 7) is 4.11. The van der Waals surface area contributed by atoms with E-state index in [9.17, 15) is 0 Å². The Bertz CT molecular complexity index is 151. The Morgan fingerprint density at radius 2 is 2.40 bits per heavy atom. The summed E-state index contributed by atoms with van der Waals surface area (Å²) in [5.74, 6) is 2.85. The van der Waals surface area contributed by atoms with Gasteiger partial charge >= 0.3 is 0 Å². The fraction of sp³-hybridized carbons (Fsp3) is 0.556. The molecule has 0 aliphatic carbocycles. The van der Waals surface area contributed by atoms with Crippen molar-refractivity contribution in [1.82, 2.24) is 0 Å². The molecule has 1 N–H and O–H groups in total. The lowest BCUT2D eigenvalue weighted by Gasteiger charge is -2.01. The van der Waals surface area contributed by atoms with E-state index in [2.05, 4.69) is 5.92 Å². The molecule has 0 aromatic carbocycles. The van der Waals surface area contributed by atoms with Crippen LogP contribution in [-0.2, 0) is 0 Å². The van der Waals surface area contributed by atoms with E-state index in [0.717, 1.165) is 12.0 Å². The van der Waals surface area contributed by atoms with Crippen molar-refractivity contribution in [2.45, 2.75) is 20.3 Å². The molecule has 0 saturated heterocycles. The molecule has 0 heterocycles. The molecule has 0 aromatic rings. The van der Waals surface area contributed by atoms with Gasteiger partial charge in [0.25, 0.3) is 0 Å². The van der Waals surface area contributed by atoms with Crippen LogP contribution in [0.2, 0.25) is 0 Å². The Hall–Kier alpha value is -0.740. The van der Waals surface area contributed by atoms with Gasteiger partial charge in [-0.25, -0.2) is 0 Å². The average molecular weight is 138 g/mol. The van der Waals surface area contributed by atoms with Crippen LogP contribution >= 0.6 is 0 Å². The summed E-state index contributed by atoms with van der Waals surface area (Å²) in [6.07, 6.45) is 7.96. The van der Waals surface area contributed by atoms with Crippen LogP contribution in [0.1, 0.15) is 20.3 Å². The van der Waals surface area contributed by atoms with Gasteiger partial charge in [-0.3, -0.25) is 0 Å². The molecule has 0 fully saturated rings. The molecule has 0 radical (unpaired) electrons. The van der Waals surface area contributed by atoms with Gasteiger partial charge in [-0.1, -0.05) is 18.9 Å². The predicted octanol–water partition coefficient (Wildman–Crippen LogP) is 1.58. The van der Waals surface area contributed by atoms with Gasteiger partial charge in [-0.15, -0.1) is 6.42 Å². The van der Waals surface area contributed by atoms with Gasteiger partial charge in [0.05, 0.1) is 0 Å². The molecule has 10 heavy (non-hydrogen) atoms. The first-order valence-corrected chi connectivity index (χ1v) is 3.45. The van der Waals surface area contributed by atoms with Crippen LogP contribution in [-0.4, -0.2) is 11.7 Å². The normalized spacial score (nSPS) is 14.4. The molecular formula is C9H14O. The zero-order valence-corrected chi connectivity index (χ0v) is 6.59. The van der Waals surface area contributed by atoms with E-state index < -0.39 is 0 Å². The molecule has 1 nitrogen and oxygen atoms in total. The monoisotopic (exact) mass is 138 g/mol. The van der Waals surface area contributed by atoms with E-state index in [-0.39, 0.29) is 6.61 Å². The molecule has 0 bridgehead atoms. The lowest BCUT2D eigenvalue weighted by atomic mass is 10.1. The molecule has 0 aliphatic heterocycles. The van der Waals surface area contributed by atoms with E-state index in [1.165, 1.54) is 0 Å². The summed E-state index contributed by atoms with van der Waals surface area (Å²) in [5, 5.41) is 8.64. The maximum atomic E-state index is 8.64. The van der Waals surface area contributed by atoms with Crippen molar-refractivity contribution in [3.05, 3.63) is 11.6 Å². The van der Waals surface area contributed by atoms with Crippen LogP contribution in [0.3, 0.4) is 0 Å². The van der Waals surface area contributed by atoms with E-state index in [1.807, 2.05) is 19.9 Å². The third kappa shape index (κ3) is 4.17. The Morgan fingerprint density at radius 3 is 2.80 bits per heavy atom. The molecular weight excluding hydrogens is 124 g/mol. The Balaban J connectivity index is 3.63. The zero-order chi connectivity index (χ0) is 7.98. The van der Waals surface area contributed by atoms with Crippen LogP contribution in [0, 0.1) is 18.3 Å². The Kier molecular flexibility index (Phi) is 4.70. The van der Waals surface area contributed by atoms with Crippen molar-refractivity contribution < 1.29 is 5.11 Å². The summed E-state index contributed by atoms with van der Waals surface area (Å²) < 4.78 is 0. The van der Waals surface area contributed by atoms with Crippen molar-refractivity contribution in [3.63, 3.8) is 0 Å². The number of hydrogen-bond donors (Lipinski definition) is 1. The van der Waals surface area contributed by atoms with Gasteiger partial charge < -0.3 is 5.11 Å². The highest BCUT2D eigenvalue weighted by molar-refractivity contribution is 5.22. The van der Waals surface area contributed by atoms with E-state index in [1.54, 1.807) is 0 Å². The molecule has 0 spiro atoms. The second-order valence-corrected chi connectivity index (χ2v) is 2.55. The quantitative estimate of drug-likeness (QED) is 0.587. The van der Waals surface area contributed by atoms with E-state index in [4.69, 9.17) is 11.5 Å². The molecule has 0 amide bonds. The molecule has 0 aromatic heterocycles. The van der Waals surface area contributed by atoms with Crippen LogP contribution in [0.4, 0.5) is 0 Å². The number of hydrogen-bond acceptors (Lipinski definition) is 1. The molecule has 56 valence electrons. The first-order chi connectivity index (χ1) is 4.70. The first-order valence-electron chi connectivity index (χ1n) is 3.45. The lowest BCUT2D eigenvalue weighted by molar-refractivity contribution is 0.239. The van der Waals surface area contributed by atoms with Crippen molar-refractivity contribution >= 4 is 0 Å². The SMILES string of the molecule is C#CC(C)=CCC(C)CO. The average Bonchev–Trinajstić information content (AvgIpc) is 1.99. The van der Waals surface area contributed by atoms with Crippen LogP contribution < -0.4 is 0 Å². The standard InChI is InChI=1S/C9H14O/c1-4-8(2)5-6-9(3)7-10/h1,5,9-10H,6-7H2,2-3H3. The topological polar surface area (TPSA) is 20.2 Å². The van der Waals surface area contributed by atoms with Gasteiger partial charge in [0, 0.05) is 6.61 Å². The lowest BCUT2D eigenvalue weighted by Crippen LogP contribution is -1.97. The minimum absolute atomic E-state index is 0.231. The molecule has 0 aliphatic rings. The highest BCUT2D eigenvalue weighted by Gasteiger charge is 1.95. The maximum absolute atomic E-state index is 8.64. The minimum Gasteiger partial charge on any atom is -0.396 e. The third-order valence-corrected chi connectivity index (χ3v) is 1.37. The van der Waals surface area contributed by atoms with Crippen LogP contribution in [0.15, 0.2) is 11.6 Å². The minimum atomic E-state index is 0.231. The molecule has 0 saturated carbocycles. The van der Waals surface area contributed by atoms with E-state index >= 15 is 0 Å². The zero-order valence-electron chi connectivity index (χ0n) is 6.59. The van der Waals surface area contributed by atoms with Gasteiger partial charge in [-0.2, -0.15) is 0 Å². The second kappa shape index (κ2) is 5.08. The van der Waals surface area contributed by atoms with Crippen molar-refractivity contribution in [2.75, 3.05) is 6.61 Å². The van der Waals surface area contributed by atoms with Crippen molar-refractivity contribution in [3.8, 4) is 12.3 Å². The van der Waals surface area contributed by atoms with Crippen LogP contribution in [0.25, 0.3) is 0 Å². The highest BCUT2D eigenvalue weighted by atomic mass is 16.3. The summed E-state index contributed by atoms with van der Waals surface area (Å²) in [4.78, 5) is 0. The Morgan fingerprint density at radius 1 is 1.80 bits per heavy atom. The predicted molar refractivity (Wildman–Crippen MR) is 43.5 cm³/mol. The maximum Gasteiger partial charge on any atom is 0.0459 e. The number of allylic oxidation sites excluding steroid dienone is 2. The van der Waals surface area contributed by atoms with Crippen molar-refractivity contribution in [2.24, 2.45) is 5.92 Å². The first kappa shape index (κ1) is 9.26. The highest BCUT2D eigenvalue weighted by Crippen LogP contribution is 2.03. The fourth-order valence-corrected chi connectivity index (χ4v) is 0.511. The van der Waals surface area contributed by atoms with Gasteiger partial charge in [0.1, 0.15) is 0 Å². The van der Waals surface area contributed by atoms with Gasteiger partial charge in [-0.05, 0) is 24.8 Å². The Labute approximate surface area is 62.8 Å². The molecule has 1 atom stereocenters. The number of rotatable bonds is 3. The fourth-order valence-electron chi connectivity index (χ4n) is 0.511. The summed E-state index contributed by atoms with van der Waals surface area (Å²) in [7, 11) is 0. The number of aliphatic hydroxyl groups excluding tert-OH is 1. The van der Waals surface area contributed by atoms with Crippen LogP contribution in [0.5, 0.6) is 0 Å². The molecule has 0 rings (SSSR count). The largest absolute Gasteiger partial charge is 0.396 e. The summed E-state index contributed by atoms with van der Waals surface area (Å²) in [6, 6.07) is 0. The second-order valence-electron chi connectivity index (χ2n) is 2.55. The third-order valence-electron chi connectivity index (χ3n) is 1.37. The smallest absolute Gasteiger partial charge is 0.0459 e. The van der Waals surface area contributed by atoms with E-state index in [0.29, 0.717) is 5.92 Å². The molecule has 1 heteroatoms. The number of aliphatic hydroxyl groups is 1. The summed E-state index contributed by atoms with van der Waals surface area (Å²) in [5.41, 5.74) is 0.945. The number of terminal acetylenes is 1.